The summed E-state index contributed by atoms with van der Waals surface area (Å²) < 4.78 is 0. The summed E-state index contributed by atoms with van der Waals surface area (Å²) in [6.07, 6.45) is 1.44. The first kappa shape index (κ1) is 19.2. The molecule has 0 saturated carbocycles. The van der Waals surface area contributed by atoms with E-state index >= 15 is 0 Å². The molecule has 0 heterocycles. The highest BCUT2D eigenvalue weighted by Crippen LogP contribution is 2.18. The Morgan fingerprint density at radius 3 is 2.00 bits per heavy atom. The minimum Gasteiger partial charge on any atom is -0.480 e. The van der Waals surface area contributed by atoms with Crippen LogP contribution in [0.2, 0.25) is 0 Å². The van der Waals surface area contributed by atoms with Gasteiger partial charge in [-0.15, -0.1) is 0 Å². The number of carbonyl (C=O) groups excluding carboxylic acids is 1. The molecule has 1 aromatic carbocycles. The summed E-state index contributed by atoms with van der Waals surface area (Å²) >= 11 is 0. The lowest BCUT2D eigenvalue weighted by Gasteiger charge is -2.19. The van der Waals surface area contributed by atoms with Crippen molar-refractivity contribution in [1.82, 2.24) is 5.32 Å². The summed E-state index contributed by atoms with van der Waals surface area (Å²) in [5, 5.41) is 11.9. The lowest BCUT2D eigenvalue weighted by Crippen LogP contribution is -2.43. The summed E-state index contributed by atoms with van der Waals surface area (Å²) in [6, 6.07) is 7.18. The molecule has 0 radical (unpaired) electrons. The smallest absolute Gasteiger partial charge is 0.326 e. The highest BCUT2D eigenvalue weighted by atomic mass is 16.4. The Morgan fingerprint density at radius 1 is 1.00 bits per heavy atom. The lowest BCUT2D eigenvalue weighted by atomic mass is 9.95. The second-order valence-electron chi connectivity index (χ2n) is 7.09. The topological polar surface area (TPSA) is 66.4 Å². The minimum absolute atomic E-state index is 0.210. The van der Waals surface area contributed by atoms with Crippen LogP contribution in [0.3, 0.4) is 0 Å². The molecule has 4 heteroatoms. The minimum atomic E-state index is -0.980. The van der Waals surface area contributed by atoms with Crippen molar-refractivity contribution in [2.24, 2.45) is 11.8 Å². The van der Waals surface area contributed by atoms with Crippen LogP contribution in [0, 0.1) is 11.8 Å². The van der Waals surface area contributed by atoms with Crippen molar-refractivity contribution in [2.45, 2.75) is 59.4 Å². The van der Waals surface area contributed by atoms with Crippen LogP contribution in [0.4, 0.5) is 0 Å². The summed E-state index contributed by atoms with van der Waals surface area (Å²) in [5.41, 5.74) is 2.16. The van der Waals surface area contributed by atoms with Crippen molar-refractivity contribution in [3.05, 3.63) is 35.4 Å². The van der Waals surface area contributed by atoms with Crippen molar-refractivity contribution in [3.63, 3.8) is 0 Å². The average Bonchev–Trinajstić information content (AvgIpc) is 2.45. The van der Waals surface area contributed by atoms with E-state index in [9.17, 15) is 14.7 Å². The van der Waals surface area contributed by atoms with E-state index in [0.29, 0.717) is 12.3 Å². The molecular formula is C19H29NO3. The Kier molecular flexibility index (Phi) is 7.27. The fourth-order valence-corrected chi connectivity index (χ4v) is 2.55. The zero-order valence-corrected chi connectivity index (χ0v) is 14.8. The van der Waals surface area contributed by atoms with Gasteiger partial charge < -0.3 is 10.4 Å². The van der Waals surface area contributed by atoms with E-state index in [1.807, 2.05) is 38.1 Å². The third-order valence-electron chi connectivity index (χ3n) is 3.84. The van der Waals surface area contributed by atoms with Crippen LogP contribution < -0.4 is 5.32 Å². The van der Waals surface area contributed by atoms with Crippen LogP contribution in [0.1, 0.15) is 58.1 Å². The van der Waals surface area contributed by atoms with E-state index in [-0.39, 0.29) is 17.7 Å². The maximum Gasteiger partial charge on any atom is 0.326 e. The number of hydrogen-bond acceptors (Lipinski definition) is 2. The molecule has 0 fully saturated rings. The van der Waals surface area contributed by atoms with Crippen molar-refractivity contribution in [1.29, 1.82) is 0 Å². The zero-order valence-electron chi connectivity index (χ0n) is 14.8. The maximum atomic E-state index is 12.3. The first-order chi connectivity index (χ1) is 10.7. The predicted molar refractivity (Wildman–Crippen MR) is 92.4 cm³/mol. The molecule has 2 N–H and O–H groups in total. The summed E-state index contributed by atoms with van der Waals surface area (Å²) in [6.45, 7) is 10.0. The molecule has 0 unspecified atom stereocenters. The molecule has 1 rings (SSSR count). The zero-order chi connectivity index (χ0) is 17.6. The summed E-state index contributed by atoms with van der Waals surface area (Å²) in [5.74, 6) is -0.783. The third-order valence-corrected chi connectivity index (χ3v) is 3.84. The Hall–Kier alpha value is -1.84. The number of benzene rings is 1. The number of carbonyl (C=O) groups is 2. The largest absolute Gasteiger partial charge is 0.480 e. The van der Waals surface area contributed by atoms with Crippen molar-refractivity contribution >= 4 is 11.9 Å². The molecule has 0 bridgehead atoms. The van der Waals surface area contributed by atoms with Crippen molar-refractivity contribution < 1.29 is 14.7 Å². The van der Waals surface area contributed by atoms with Crippen LogP contribution in [0.5, 0.6) is 0 Å². The third kappa shape index (κ3) is 6.43. The number of aliphatic carboxylic acids is 1. The van der Waals surface area contributed by atoms with Gasteiger partial charge in [-0.2, -0.15) is 0 Å². The van der Waals surface area contributed by atoms with E-state index in [4.69, 9.17) is 0 Å². The summed E-state index contributed by atoms with van der Waals surface area (Å²) in [7, 11) is 0. The van der Waals surface area contributed by atoms with Gasteiger partial charge in [0.15, 0.2) is 0 Å². The lowest BCUT2D eigenvalue weighted by molar-refractivity contribution is -0.142. The van der Waals surface area contributed by atoms with Gasteiger partial charge in [-0.1, -0.05) is 52.0 Å². The van der Waals surface area contributed by atoms with Gasteiger partial charge in [0.25, 0.3) is 0 Å². The quantitative estimate of drug-likeness (QED) is 0.769. The number of carboxylic acids is 1. The Bertz CT molecular complexity index is 520. The first-order valence-electron chi connectivity index (χ1n) is 8.32. The highest BCUT2D eigenvalue weighted by molar-refractivity contribution is 5.87. The fraction of sp³-hybridized carbons (Fsp3) is 0.579. The van der Waals surface area contributed by atoms with Gasteiger partial charge >= 0.3 is 5.97 Å². The molecule has 23 heavy (non-hydrogen) atoms. The van der Waals surface area contributed by atoms with Crippen molar-refractivity contribution in [2.75, 3.05) is 0 Å². The van der Waals surface area contributed by atoms with Crippen LogP contribution >= 0.6 is 0 Å². The molecule has 0 aliphatic heterocycles. The highest BCUT2D eigenvalue weighted by Gasteiger charge is 2.24. The van der Waals surface area contributed by atoms with E-state index < -0.39 is 12.0 Å². The molecule has 0 aliphatic rings. The second kappa shape index (κ2) is 8.70. The van der Waals surface area contributed by atoms with Gasteiger partial charge in [0.05, 0.1) is 5.92 Å². The van der Waals surface area contributed by atoms with E-state index in [1.54, 1.807) is 6.92 Å². The molecule has 0 aliphatic carbocycles. The van der Waals surface area contributed by atoms with Crippen LogP contribution in [-0.4, -0.2) is 23.0 Å². The monoisotopic (exact) mass is 319 g/mol. The molecule has 1 amide bonds. The average molecular weight is 319 g/mol. The fourth-order valence-electron chi connectivity index (χ4n) is 2.55. The van der Waals surface area contributed by atoms with Gasteiger partial charge in [-0.25, -0.2) is 4.79 Å². The number of carboxylic acid groups (broad SMARTS) is 1. The Balaban J connectivity index is 2.73. The Morgan fingerprint density at radius 2 is 1.57 bits per heavy atom. The Labute approximate surface area is 139 Å². The van der Waals surface area contributed by atoms with Crippen LogP contribution in [-0.2, 0) is 16.0 Å². The van der Waals surface area contributed by atoms with Gasteiger partial charge in [0.2, 0.25) is 5.91 Å². The van der Waals surface area contributed by atoms with E-state index in [0.717, 1.165) is 12.0 Å². The molecule has 128 valence electrons. The SMILES string of the molecule is CC(C)Cc1ccc([C@@H](C)C(=O)N[C@@H](CC(C)C)C(=O)O)cc1. The number of amides is 1. The van der Waals surface area contributed by atoms with Crippen LogP contribution in [0.15, 0.2) is 24.3 Å². The van der Waals surface area contributed by atoms with Gasteiger partial charge in [0.1, 0.15) is 6.04 Å². The molecule has 2 atom stereocenters. The molecule has 0 aromatic heterocycles. The van der Waals surface area contributed by atoms with Gasteiger partial charge in [-0.05, 0) is 42.7 Å². The van der Waals surface area contributed by atoms with E-state index in [2.05, 4.69) is 19.2 Å². The van der Waals surface area contributed by atoms with E-state index in [1.165, 1.54) is 5.56 Å². The molecular weight excluding hydrogens is 290 g/mol. The molecule has 1 aromatic rings. The standard InChI is InChI=1S/C19H29NO3/c1-12(2)10-15-6-8-16(9-7-15)14(5)18(21)20-17(19(22)23)11-13(3)4/h6-9,12-14,17H,10-11H2,1-5H3,(H,20,21)(H,22,23)/t14-,17+/m1/s1. The normalized spacial score (nSPS) is 13.9. The molecule has 0 saturated heterocycles. The predicted octanol–water partition coefficient (Wildman–Crippen LogP) is 3.60. The number of rotatable bonds is 8. The van der Waals surface area contributed by atoms with Crippen molar-refractivity contribution in [3.8, 4) is 0 Å². The number of nitrogens with one attached hydrogen (secondary N) is 1. The first-order valence-corrected chi connectivity index (χ1v) is 8.32. The van der Waals surface area contributed by atoms with Gasteiger partial charge in [0, 0.05) is 0 Å². The molecule has 4 nitrogen and oxygen atoms in total. The molecule has 0 spiro atoms. The second-order valence-corrected chi connectivity index (χ2v) is 7.09. The maximum absolute atomic E-state index is 12.3. The number of hydrogen-bond donors (Lipinski definition) is 2. The summed E-state index contributed by atoms with van der Waals surface area (Å²) in [4.78, 5) is 23.6. The van der Waals surface area contributed by atoms with Crippen LogP contribution in [0.25, 0.3) is 0 Å². The van der Waals surface area contributed by atoms with Gasteiger partial charge in [-0.3, -0.25) is 4.79 Å².